The lowest BCUT2D eigenvalue weighted by Gasteiger charge is -2.30. The van der Waals surface area contributed by atoms with Crippen molar-refractivity contribution in [2.75, 3.05) is 19.7 Å². The Kier molecular flexibility index (Phi) is 7.11. The van der Waals surface area contributed by atoms with Gasteiger partial charge in [0.25, 0.3) is 0 Å². The topological polar surface area (TPSA) is 29.5 Å². The van der Waals surface area contributed by atoms with Crippen LogP contribution in [-0.4, -0.2) is 36.7 Å². The second-order valence-electron chi connectivity index (χ2n) is 6.97. The highest BCUT2D eigenvalue weighted by Gasteiger charge is 2.34. The summed E-state index contributed by atoms with van der Waals surface area (Å²) < 4.78 is 43.8. The van der Waals surface area contributed by atoms with Gasteiger partial charge in [-0.05, 0) is 30.4 Å². The van der Waals surface area contributed by atoms with Crippen molar-refractivity contribution < 1.29 is 22.7 Å². The normalized spacial score (nSPS) is 12.1. The molecular weight excluding hydrogens is 319 g/mol. The van der Waals surface area contributed by atoms with Gasteiger partial charge in [-0.1, -0.05) is 39.0 Å². The van der Waals surface area contributed by atoms with Gasteiger partial charge in [0.05, 0.1) is 6.61 Å². The predicted octanol–water partition coefficient (Wildman–Crippen LogP) is 4.45. The van der Waals surface area contributed by atoms with Crippen LogP contribution in [-0.2, 0) is 11.2 Å². The van der Waals surface area contributed by atoms with Crippen LogP contribution in [0.4, 0.5) is 13.2 Å². The fourth-order valence-electron chi connectivity index (χ4n) is 2.43. The van der Waals surface area contributed by atoms with Crippen molar-refractivity contribution in [1.29, 1.82) is 0 Å². The molecule has 1 aromatic carbocycles. The number of para-hydroxylation sites is 1. The molecule has 0 saturated heterocycles. The van der Waals surface area contributed by atoms with Crippen LogP contribution >= 0.6 is 0 Å². The summed E-state index contributed by atoms with van der Waals surface area (Å²) in [7, 11) is 0. The zero-order valence-electron chi connectivity index (χ0n) is 14.7. The minimum Gasteiger partial charge on any atom is -0.494 e. The summed E-state index contributed by atoms with van der Waals surface area (Å²) in [6, 6.07) is 7.28. The van der Waals surface area contributed by atoms with Crippen LogP contribution in [0, 0.1) is 5.41 Å². The zero-order chi connectivity index (χ0) is 18.4. The largest absolute Gasteiger partial charge is 0.494 e. The monoisotopic (exact) mass is 345 g/mol. The summed E-state index contributed by atoms with van der Waals surface area (Å²) in [5, 5.41) is 0. The van der Waals surface area contributed by atoms with Gasteiger partial charge in [-0.3, -0.25) is 4.79 Å². The Morgan fingerprint density at radius 1 is 1.12 bits per heavy atom. The third kappa shape index (κ3) is 7.70. The maximum absolute atomic E-state index is 12.8. The van der Waals surface area contributed by atoms with E-state index in [9.17, 15) is 18.0 Å². The van der Waals surface area contributed by atoms with E-state index in [1.54, 1.807) is 6.07 Å². The maximum Gasteiger partial charge on any atom is 0.406 e. The molecule has 0 unspecified atom stereocenters. The van der Waals surface area contributed by atoms with E-state index in [0.717, 1.165) is 10.5 Å². The van der Waals surface area contributed by atoms with Crippen molar-refractivity contribution in [2.24, 2.45) is 5.41 Å². The lowest BCUT2D eigenvalue weighted by atomic mass is 9.95. The molecule has 0 saturated carbocycles. The molecule has 6 heteroatoms. The average Bonchev–Trinajstić information content (AvgIpc) is 2.42. The minimum atomic E-state index is -4.40. The summed E-state index contributed by atoms with van der Waals surface area (Å²) in [5.74, 6) is 0.180. The molecule has 3 nitrogen and oxygen atoms in total. The van der Waals surface area contributed by atoms with E-state index < -0.39 is 24.0 Å². The highest BCUT2D eigenvalue weighted by atomic mass is 19.4. The molecule has 0 fully saturated rings. The third-order valence-electron chi connectivity index (χ3n) is 3.27. The first kappa shape index (κ1) is 20.3. The third-order valence-corrected chi connectivity index (χ3v) is 3.27. The first-order chi connectivity index (χ1) is 11.0. The van der Waals surface area contributed by atoms with Crippen molar-refractivity contribution in [1.82, 2.24) is 4.90 Å². The van der Waals surface area contributed by atoms with Crippen molar-refractivity contribution in [2.45, 2.75) is 46.7 Å². The number of aryl methyl sites for hydroxylation is 1. The molecule has 0 N–H and O–H groups in total. The van der Waals surface area contributed by atoms with Crippen molar-refractivity contribution in [3.63, 3.8) is 0 Å². The van der Waals surface area contributed by atoms with Gasteiger partial charge in [0.15, 0.2) is 0 Å². The number of rotatable bonds is 7. The first-order valence-electron chi connectivity index (χ1n) is 8.07. The molecule has 0 aliphatic rings. The van der Waals surface area contributed by atoms with E-state index in [2.05, 4.69) is 0 Å². The van der Waals surface area contributed by atoms with Crippen LogP contribution < -0.4 is 4.74 Å². The van der Waals surface area contributed by atoms with E-state index in [-0.39, 0.29) is 13.0 Å². The quantitative estimate of drug-likeness (QED) is 0.730. The van der Waals surface area contributed by atoms with Gasteiger partial charge >= 0.3 is 6.18 Å². The van der Waals surface area contributed by atoms with E-state index in [1.807, 2.05) is 45.9 Å². The number of hydrogen-bond donors (Lipinski definition) is 0. The number of benzene rings is 1. The lowest BCUT2D eigenvalue weighted by molar-refractivity contribution is -0.163. The van der Waals surface area contributed by atoms with Crippen molar-refractivity contribution in [3.05, 3.63) is 29.8 Å². The van der Waals surface area contributed by atoms with Crippen LogP contribution in [0.25, 0.3) is 0 Å². The van der Waals surface area contributed by atoms with E-state index in [1.165, 1.54) is 0 Å². The molecule has 0 aromatic heterocycles. The Balaban J connectivity index is 2.78. The molecule has 0 spiro atoms. The fraction of sp³-hybridized carbons (Fsp3) is 0.611. The maximum atomic E-state index is 12.8. The van der Waals surface area contributed by atoms with E-state index in [0.29, 0.717) is 18.8 Å². The van der Waals surface area contributed by atoms with Gasteiger partial charge < -0.3 is 9.64 Å². The number of carbonyl (C=O) groups is 1. The number of ether oxygens (including phenoxy) is 1. The molecule has 0 bridgehead atoms. The summed E-state index contributed by atoms with van der Waals surface area (Å²) in [6.07, 6.45) is -4.02. The molecule has 136 valence electrons. The van der Waals surface area contributed by atoms with Gasteiger partial charge in [0, 0.05) is 13.0 Å². The Morgan fingerprint density at radius 3 is 2.29 bits per heavy atom. The smallest absolute Gasteiger partial charge is 0.406 e. The zero-order valence-corrected chi connectivity index (χ0v) is 14.7. The molecule has 0 heterocycles. The molecule has 0 aliphatic heterocycles. The SMILES string of the molecule is CCOc1ccccc1CCC(=O)N(CC(C)(C)C)CC(F)(F)F. The number of amides is 1. The molecule has 1 amide bonds. The van der Waals surface area contributed by atoms with Crippen LogP contribution in [0.2, 0.25) is 0 Å². The lowest BCUT2D eigenvalue weighted by Crippen LogP contribution is -2.43. The Morgan fingerprint density at radius 2 is 1.75 bits per heavy atom. The average molecular weight is 345 g/mol. The van der Waals surface area contributed by atoms with Gasteiger partial charge in [0.1, 0.15) is 12.3 Å². The number of alkyl halides is 3. The van der Waals surface area contributed by atoms with Gasteiger partial charge in [-0.25, -0.2) is 0 Å². The number of nitrogens with zero attached hydrogens (tertiary/aromatic N) is 1. The van der Waals surface area contributed by atoms with Crippen LogP contribution in [0.5, 0.6) is 5.75 Å². The van der Waals surface area contributed by atoms with Crippen molar-refractivity contribution >= 4 is 5.91 Å². The number of carbonyl (C=O) groups excluding carboxylic acids is 1. The fourth-order valence-corrected chi connectivity index (χ4v) is 2.43. The van der Waals surface area contributed by atoms with Crippen LogP contribution in [0.1, 0.15) is 39.7 Å². The summed E-state index contributed by atoms with van der Waals surface area (Å²) in [4.78, 5) is 13.2. The van der Waals surface area contributed by atoms with Crippen LogP contribution in [0.3, 0.4) is 0 Å². The van der Waals surface area contributed by atoms with E-state index in [4.69, 9.17) is 4.74 Å². The van der Waals surface area contributed by atoms with Gasteiger partial charge in [-0.2, -0.15) is 13.2 Å². The molecule has 1 rings (SSSR count). The molecular formula is C18H26F3NO2. The Hall–Kier alpha value is -1.72. The molecule has 0 aliphatic carbocycles. The standard InChI is InChI=1S/C18H26F3NO2/c1-5-24-15-9-7-6-8-14(15)10-11-16(23)22(12-17(2,3)4)13-18(19,20)21/h6-9H,5,10-13H2,1-4H3. The van der Waals surface area contributed by atoms with Gasteiger partial charge in [0.2, 0.25) is 5.91 Å². The Labute approximate surface area is 141 Å². The molecule has 24 heavy (non-hydrogen) atoms. The highest BCUT2D eigenvalue weighted by Crippen LogP contribution is 2.24. The summed E-state index contributed by atoms with van der Waals surface area (Å²) in [6.45, 7) is 6.65. The summed E-state index contributed by atoms with van der Waals surface area (Å²) in [5.41, 5.74) is 0.430. The highest BCUT2D eigenvalue weighted by molar-refractivity contribution is 5.76. The molecule has 0 atom stereocenters. The molecule has 0 radical (unpaired) electrons. The van der Waals surface area contributed by atoms with Crippen LogP contribution in [0.15, 0.2) is 24.3 Å². The van der Waals surface area contributed by atoms with Crippen molar-refractivity contribution in [3.8, 4) is 5.75 Å². The second kappa shape index (κ2) is 8.40. The number of hydrogen-bond acceptors (Lipinski definition) is 2. The predicted molar refractivity (Wildman–Crippen MR) is 88.0 cm³/mol. The molecule has 1 aromatic rings. The van der Waals surface area contributed by atoms with Gasteiger partial charge in [-0.15, -0.1) is 0 Å². The Bertz CT molecular complexity index is 520. The summed E-state index contributed by atoms with van der Waals surface area (Å²) >= 11 is 0. The second-order valence-corrected chi connectivity index (χ2v) is 6.97. The van der Waals surface area contributed by atoms with E-state index >= 15 is 0 Å². The number of halogens is 3. The minimum absolute atomic E-state index is 0.0241. The first-order valence-corrected chi connectivity index (χ1v) is 8.07.